The van der Waals surface area contributed by atoms with E-state index in [2.05, 4.69) is 55.4 Å². The Labute approximate surface area is 651 Å². The summed E-state index contributed by atoms with van der Waals surface area (Å²) >= 11 is 0. The van der Waals surface area contributed by atoms with Gasteiger partial charge in [-0.2, -0.15) is 0 Å². The molecule has 0 aromatic heterocycles. The minimum Gasteiger partial charge on any atom is -0.462 e. The van der Waals surface area contributed by atoms with E-state index in [-0.39, 0.29) is 25.7 Å². The molecule has 19 heteroatoms. The van der Waals surface area contributed by atoms with Gasteiger partial charge in [0.05, 0.1) is 26.4 Å². The molecule has 4 unspecified atom stereocenters. The van der Waals surface area contributed by atoms with Crippen LogP contribution in [-0.2, 0) is 65.4 Å². The molecule has 0 fully saturated rings. The average molecular weight is 1550 g/mol. The molecule has 0 rings (SSSR count). The Balaban J connectivity index is 5.21. The van der Waals surface area contributed by atoms with Crippen LogP contribution < -0.4 is 0 Å². The van der Waals surface area contributed by atoms with E-state index in [0.717, 1.165) is 114 Å². The molecular formula is C87H170O17P2. The summed E-state index contributed by atoms with van der Waals surface area (Å²) in [5.41, 5.74) is 0. The van der Waals surface area contributed by atoms with Gasteiger partial charge in [-0.15, -0.1) is 0 Å². The van der Waals surface area contributed by atoms with Gasteiger partial charge < -0.3 is 33.8 Å². The Kier molecular flexibility index (Phi) is 74.3. The third kappa shape index (κ3) is 78.7. The molecule has 0 aliphatic heterocycles. The van der Waals surface area contributed by atoms with Crippen molar-refractivity contribution in [2.45, 2.75) is 472 Å². The number of hydrogen-bond donors (Lipinski definition) is 3. The number of carbonyl (C=O) groups is 4. The molecule has 0 spiro atoms. The number of aliphatic hydroxyl groups is 1. The first kappa shape index (κ1) is 104. The molecule has 0 radical (unpaired) electrons. The number of phosphoric acid groups is 2. The van der Waals surface area contributed by atoms with Gasteiger partial charge in [0.2, 0.25) is 0 Å². The number of unbranched alkanes of at least 4 members (excludes halogenated alkanes) is 49. The summed E-state index contributed by atoms with van der Waals surface area (Å²) < 4.78 is 68.9. The first-order valence-electron chi connectivity index (χ1n) is 44.7. The molecule has 0 bridgehead atoms. The topological polar surface area (TPSA) is 237 Å². The second-order valence-electron chi connectivity index (χ2n) is 33.0. The first-order valence-corrected chi connectivity index (χ1v) is 47.7. The molecule has 17 nitrogen and oxygen atoms in total. The van der Waals surface area contributed by atoms with Gasteiger partial charge in [-0.25, -0.2) is 9.13 Å². The van der Waals surface area contributed by atoms with Gasteiger partial charge in [0.25, 0.3) is 0 Å². The molecule has 0 heterocycles. The van der Waals surface area contributed by atoms with E-state index in [1.807, 2.05) is 0 Å². The SMILES string of the molecule is CCC(C)CCCCCCCCCCCCCCCCCCCCC(=O)O[C@H](COC(=O)CCCCCCCCCCCCCCCCCC(C)C)COP(=O)(O)OCC(O)COP(=O)(O)OC[C@@H](COC(=O)CCCCCCCCC(C)C)OC(=O)CCCCCCCCCCCCCCCCC(C)C. The summed E-state index contributed by atoms with van der Waals surface area (Å²) in [5.74, 6) is 1.04. The van der Waals surface area contributed by atoms with Crippen molar-refractivity contribution in [3.8, 4) is 0 Å². The number of phosphoric ester groups is 2. The van der Waals surface area contributed by atoms with E-state index < -0.39 is 97.5 Å². The molecule has 0 amide bonds. The van der Waals surface area contributed by atoms with Crippen molar-refractivity contribution >= 4 is 39.5 Å². The van der Waals surface area contributed by atoms with Gasteiger partial charge in [0, 0.05) is 25.7 Å². The van der Waals surface area contributed by atoms with Crippen LogP contribution in [-0.4, -0.2) is 96.7 Å². The van der Waals surface area contributed by atoms with E-state index in [1.165, 1.54) is 250 Å². The predicted molar refractivity (Wildman–Crippen MR) is 437 cm³/mol. The van der Waals surface area contributed by atoms with Crippen LogP contribution in [0.15, 0.2) is 0 Å². The third-order valence-electron chi connectivity index (χ3n) is 20.7. The predicted octanol–water partition coefficient (Wildman–Crippen LogP) is 26.3. The van der Waals surface area contributed by atoms with Crippen LogP contribution in [0.5, 0.6) is 0 Å². The molecule has 0 aliphatic rings. The van der Waals surface area contributed by atoms with E-state index >= 15 is 0 Å². The Morgan fingerprint density at radius 3 is 0.670 bits per heavy atom. The Morgan fingerprint density at radius 2 is 0.453 bits per heavy atom. The minimum atomic E-state index is -4.97. The van der Waals surface area contributed by atoms with Crippen LogP contribution in [0.3, 0.4) is 0 Å². The molecule has 106 heavy (non-hydrogen) atoms. The molecule has 0 saturated carbocycles. The standard InChI is InChI=1S/C87H170O17P2/c1-9-80(8)66-58-50-41-35-29-23-16-12-10-11-13-17-25-31-37-43-53-61-69-86(91)103-82(73-97-84(89)67-59-51-42-36-30-24-18-14-15-21-27-33-39-47-55-63-77(2)3)75-101-105(93,94)99-71-81(88)72-100-106(95,96)102-76-83(74-98-85(90)68-60-52-46-45-49-57-65-79(6)7)104-87(92)70-62-54-44-38-32-26-20-19-22-28-34-40-48-56-64-78(4)5/h77-83,88H,9-76H2,1-8H3,(H,93,94)(H,95,96)/t80?,81?,82-,83-/m1/s1. The van der Waals surface area contributed by atoms with Crippen molar-refractivity contribution in [1.82, 2.24) is 0 Å². The van der Waals surface area contributed by atoms with Gasteiger partial charge >= 0.3 is 39.5 Å². The van der Waals surface area contributed by atoms with E-state index in [4.69, 9.17) is 37.0 Å². The minimum absolute atomic E-state index is 0.106. The van der Waals surface area contributed by atoms with Crippen LogP contribution in [0.4, 0.5) is 0 Å². The zero-order valence-electron chi connectivity index (χ0n) is 70.1. The molecule has 0 aromatic rings. The average Bonchev–Trinajstić information content (AvgIpc) is 0.902. The van der Waals surface area contributed by atoms with Crippen molar-refractivity contribution < 1.29 is 80.2 Å². The molecule has 3 N–H and O–H groups in total. The van der Waals surface area contributed by atoms with Crippen LogP contribution in [0.25, 0.3) is 0 Å². The molecule has 0 aromatic carbocycles. The van der Waals surface area contributed by atoms with Gasteiger partial charge in [-0.1, -0.05) is 402 Å². The maximum absolute atomic E-state index is 13.2. The van der Waals surface area contributed by atoms with Crippen LogP contribution in [0.2, 0.25) is 0 Å². The number of esters is 4. The Bertz CT molecular complexity index is 2060. The maximum atomic E-state index is 13.2. The van der Waals surface area contributed by atoms with E-state index in [9.17, 15) is 43.2 Å². The second kappa shape index (κ2) is 75.7. The van der Waals surface area contributed by atoms with Crippen molar-refractivity contribution in [3.63, 3.8) is 0 Å². The maximum Gasteiger partial charge on any atom is 0.472 e. The fourth-order valence-corrected chi connectivity index (χ4v) is 15.0. The highest BCUT2D eigenvalue weighted by molar-refractivity contribution is 7.47. The summed E-state index contributed by atoms with van der Waals surface area (Å²) in [6.45, 7) is 14.3. The molecular weight excluding hydrogens is 1380 g/mol. The fraction of sp³-hybridized carbons (Fsp3) is 0.954. The Morgan fingerprint density at radius 1 is 0.264 bits per heavy atom. The van der Waals surface area contributed by atoms with Crippen LogP contribution in [0.1, 0.15) is 453 Å². The van der Waals surface area contributed by atoms with Crippen molar-refractivity contribution in [1.29, 1.82) is 0 Å². The Hall–Kier alpha value is -1.94. The van der Waals surface area contributed by atoms with Gasteiger partial charge in [-0.05, 0) is 49.4 Å². The van der Waals surface area contributed by atoms with Gasteiger partial charge in [0.15, 0.2) is 12.2 Å². The molecule has 0 aliphatic carbocycles. The summed E-state index contributed by atoms with van der Waals surface area (Å²) in [4.78, 5) is 73.2. The number of ether oxygens (including phenoxy) is 4. The lowest BCUT2D eigenvalue weighted by atomic mass is 9.99. The van der Waals surface area contributed by atoms with E-state index in [0.29, 0.717) is 31.6 Å². The highest BCUT2D eigenvalue weighted by Gasteiger charge is 2.31. The zero-order valence-corrected chi connectivity index (χ0v) is 71.9. The summed E-state index contributed by atoms with van der Waals surface area (Å²) in [6, 6.07) is 0. The largest absolute Gasteiger partial charge is 0.472 e. The molecule has 0 saturated heterocycles. The summed E-state index contributed by atoms with van der Waals surface area (Å²) in [5, 5.41) is 10.7. The first-order chi connectivity index (χ1) is 51.1. The molecule has 6 atom stereocenters. The fourth-order valence-electron chi connectivity index (χ4n) is 13.5. The quantitative estimate of drug-likeness (QED) is 0.0222. The monoisotopic (exact) mass is 1550 g/mol. The lowest BCUT2D eigenvalue weighted by Crippen LogP contribution is -2.30. The zero-order chi connectivity index (χ0) is 78.1. The van der Waals surface area contributed by atoms with Crippen molar-refractivity contribution in [2.24, 2.45) is 23.7 Å². The number of aliphatic hydroxyl groups excluding tert-OH is 1. The van der Waals surface area contributed by atoms with Crippen LogP contribution in [0, 0.1) is 23.7 Å². The van der Waals surface area contributed by atoms with Gasteiger partial charge in [-0.3, -0.25) is 37.3 Å². The normalized spacial score (nSPS) is 14.2. The second-order valence-corrected chi connectivity index (χ2v) is 35.9. The van der Waals surface area contributed by atoms with Gasteiger partial charge in [0.1, 0.15) is 19.3 Å². The number of carbonyl (C=O) groups excluding carboxylic acids is 4. The van der Waals surface area contributed by atoms with Crippen molar-refractivity contribution in [2.75, 3.05) is 39.6 Å². The van der Waals surface area contributed by atoms with Crippen LogP contribution >= 0.6 is 15.6 Å². The number of rotatable bonds is 84. The highest BCUT2D eigenvalue weighted by Crippen LogP contribution is 2.45. The van der Waals surface area contributed by atoms with E-state index in [1.54, 1.807) is 0 Å². The molecule has 630 valence electrons. The third-order valence-corrected chi connectivity index (χ3v) is 22.6. The lowest BCUT2D eigenvalue weighted by Gasteiger charge is -2.21. The lowest BCUT2D eigenvalue weighted by molar-refractivity contribution is -0.161. The highest BCUT2D eigenvalue weighted by atomic mass is 31.2. The summed E-state index contributed by atoms with van der Waals surface area (Å²) in [7, 11) is -9.93. The van der Waals surface area contributed by atoms with Crippen molar-refractivity contribution in [3.05, 3.63) is 0 Å². The smallest absolute Gasteiger partial charge is 0.462 e. The summed E-state index contributed by atoms with van der Waals surface area (Å²) in [6.07, 6.45) is 65.4. The number of hydrogen-bond acceptors (Lipinski definition) is 15.